The lowest BCUT2D eigenvalue weighted by Gasteiger charge is -2.01. The van der Waals surface area contributed by atoms with Crippen LogP contribution < -0.4 is 0 Å². The fourth-order valence-corrected chi connectivity index (χ4v) is 3.58. The Balaban J connectivity index is 1.99. The van der Waals surface area contributed by atoms with Crippen LogP contribution in [-0.4, -0.2) is 23.4 Å². The summed E-state index contributed by atoms with van der Waals surface area (Å²) in [5.74, 6) is -0.105. The molecule has 0 aliphatic carbocycles. The largest absolute Gasteiger partial charge is 0.327 e. The van der Waals surface area contributed by atoms with Crippen molar-refractivity contribution >= 4 is 36.9 Å². The molecule has 3 rings (SSSR count). The van der Waals surface area contributed by atoms with Crippen molar-refractivity contribution in [1.29, 1.82) is 0 Å². The van der Waals surface area contributed by atoms with Crippen LogP contribution in [0, 0.1) is 0 Å². The Morgan fingerprint density at radius 2 is 2.05 bits per heavy atom. The van der Waals surface area contributed by atoms with Gasteiger partial charge in [-0.15, -0.1) is 0 Å². The number of benzene rings is 1. The number of aromatic amines is 1. The zero-order valence-electron chi connectivity index (χ0n) is 10.2. The number of rotatable bonds is 3. The van der Waals surface area contributed by atoms with Gasteiger partial charge in [-0.1, -0.05) is 28.1 Å². The van der Waals surface area contributed by atoms with E-state index < -0.39 is 9.84 Å². The van der Waals surface area contributed by atoms with Crippen molar-refractivity contribution in [3.63, 3.8) is 0 Å². The third kappa shape index (κ3) is 2.59. The summed E-state index contributed by atoms with van der Waals surface area (Å²) in [6.07, 6.45) is 1.58. The maximum absolute atomic E-state index is 12.3. The van der Waals surface area contributed by atoms with E-state index in [1.807, 2.05) is 6.07 Å². The molecule has 0 aliphatic rings. The second-order valence-corrected chi connectivity index (χ2v) is 7.13. The van der Waals surface area contributed by atoms with Gasteiger partial charge < -0.3 is 4.98 Å². The number of halogens is 1. The van der Waals surface area contributed by atoms with Gasteiger partial charge in [-0.3, -0.25) is 0 Å². The van der Waals surface area contributed by atoms with Gasteiger partial charge in [0.2, 0.25) is 15.0 Å². The Labute approximate surface area is 124 Å². The third-order valence-corrected chi connectivity index (χ3v) is 4.77. The number of fused-ring (bicyclic) bond motifs is 1. The van der Waals surface area contributed by atoms with E-state index in [0.717, 1.165) is 4.47 Å². The highest BCUT2D eigenvalue weighted by molar-refractivity contribution is 9.10. The molecule has 0 atom stereocenters. The summed E-state index contributed by atoms with van der Waals surface area (Å²) in [5.41, 5.74) is 1.72. The van der Waals surface area contributed by atoms with Crippen molar-refractivity contribution in [2.24, 2.45) is 0 Å². The summed E-state index contributed by atoms with van der Waals surface area (Å²) in [6.45, 7) is 0. The number of H-pyrrole nitrogens is 1. The lowest BCUT2D eigenvalue weighted by molar-refractivity contribution is 0.588. The Bertz CT molecular complexity index is 841. The summed E-state index contributed by atoms with van der Waals surface area (Å²) < 4.78 is 25.5. The number of imidazole rings is 1. The summed E-state index contributed by atoms with van der Waals surface area (Å²) in [7, 11) is -3.52. The van der Waals surface area contributed by atoms with Gasteiger partial charge in [0.15, 0.2) is 5.65 Å². The van der Waals surface area contributed by atoms with Gasteiger partial charge in [0.25, 0.3) is 0 Å². The number of pyridine rings is 1. The van der Waals surface area contributed by atoms with Crippen molar-refractivity contribution < 1.29 is 8.42 Å². The Hall–Kier alpha value is -1.73. The number of hydrogen-bond donors (Lipinski definition) is 1. The minimum atomic E-state index is -3.52. The average molecular weight is 352 g/mol. The molecule has 0 aliphatic heterocycles. The molecule has 0 saturated heterocycles. The van der Waals surface area contributed by atoms with Crippen molar-refractivity contribution in [3.05, 3.63) is 52.6 Å². The molecule has 0 unspecified atom stereocenters. The van der Waals surface area contributed by atoms with Crippen LogP contribution in [0.3, 0.4) is 0 Å². The summed E-state index contributed by atoms with van der Waals surface area (Å²) in [6, 6.07) is 10.7. The lowest BCUT2D eigenvalue weighted by atomic mass is 10.2. The lowest BCUT2D eigenvalue weighted by Crippen LogP contribution is -2.06. The van der Waals surface area contributed by atoms with E-state index in [0.29, 0.717) is 16.7 Å². The number of nitrogens with zero attached hydrogens (tertiary/aromatic N) is 2. The van der Waals surface area contributed by atoms with Crippen LogP contribution in [-0.2, 0) is 15.6 Å². The Kier molecular flexibility index (Phi) is 3.31. The zero-order chi connectivity index (χ0) is 14.2. The van der Waals surface area contributed by atoms with E-state index in [2.05, 4.69) is 30.9 Å². The topological polar surface area (TPSA) is 75.7 Å². The van der Waals surface area contributed by atoms with Gasteiger partial charge in [-0.05, 0) is 29.8 Å². The normalized spacial score (nSPS) is 11.8. The molecule has 1 N–H and O–H groups in total. The molecule has 20 heavy (non-hydrogen) atoms. The molecule has 0 bridgehead atoms. The smallest absolute Gasteiger partial charge is 0.227 e. The van der Waals surface area contributed by atoms with Crippen LogP contribution in [0.5, 0.6) is 0 Å². The van der Waals surface area contributed by atoms with Gasteiger partial charge in [0, 0.05) is 10.7 Å². The maximum atomic E-state index is 12.3. The van der Waals surface area contributed by atoms with E-state index >= 15 is 0 Å². The van der Waals surface area contributed by atoms with Gasteiger partial charge in [-0.25, -0.2) is 13.4 Å². The minimum Gasteiger partial charge on any atom is -0.327 e. The first-order valence-electron chi connectivity index (χ1n) is 5.82. The van der Waals surface area contributed by atoms with Crippen molar-refractivity contribution in [2.75, 3.05) is 0 Å². The number of aromatic nitrogens is 3. The molecule has 5 nitrogen and oxygen atoms in total. The van der Waals surface area contributed by atoms with E-state index in [4.69, 9.17) is 0 Å². The molecule has 1 aromatic carbocycles. The Morgan fingerprint density at radius 1 is 1.20 bits per heavy atom. The molecule has 3 aromatic rings. The highest BCUT2D eigenvalue weighted by Crippen LogP contribution is 2.19. The van der Waals surface area contributed by atoms with Crippen LogP contribution in [0.2, 0.25) is 0 Å². The van der Waals surface area contributed by atoms with E-state index in [-0.39, 0.29) is 10.9 Å². The SMILES string of the molecule is O=S(=O)(Cc1cccc(Br)c1)c1nc2ncccc2[nH]1. The molecule has 0 spiro atoms. The maximum Gasteiger partial charge on any atom is 0.227 e. The van der Waals surface area contributed by atoms with Crippen LogP contribution >= 0.6 is 15.9 Å². The summed E-state index contributed by atoms with van der Waals surface area (Å²) >= 11 is 3.33. The molecule has 0 saturated carbocycles. The predicted molar refractivity (Wildman–Crippen MR) is 78.9 cm³/mol. The van der Waals surface area contributed by atoms with Crippen molar-refractivity contribution in [3.8, 4) is 0 Å². The quantitative estimate of drug-likeness (QED) is 0.786. The molecule has 102 valence electrons. The fourth-order valence-electron chi connectivity index (χ4n) is 1.88. The third-order valence-electron chi connectivity index (χ3n) is 2.78. The van der Waals surface area contributed by atoms with Gasteiger partial charge in [0.05, 0.1) is 11.3 Å². The van der Waals surface area contributed by atoms with E-state index in [1.54, 1.807) is 36.5 Å². The van der Waals surface area contributed by atoms with Crippen LogP contribution in [0.25, 0.3) is 11.2 Å². The molecule has 7 heteroatoms. The molecule has 0 fully saturated rings. The second kappa shape index (κ2) is 4.99. The van der Waals surface area contributed by atoms with Gasteiger partial charge in [-0.2, -0.15) is 4.98 Å². The fraction of sp³-hybridized carbons (Fsp3) is 0.0769. The first-order chi connectivity index (χ1) is 9.54. The second-order valence-electron chi connectivity index (χ2n) is 4.31. The first kappa shape index (κ1) is 13.3. The zero-order valence-corrected chi connectivity index (χ0v) is 12.6. The van der Waals surface area contributed by atoms with Crippen LogP contribution in [0.4, 0.5) is 0 Å². The number of sulfone groups is 1. The summed E-state index contributed by atoms with van der Waals surface area (Å²) in [5, 5.41) is -0.0498. The molecule has 0 radical (unpaired) electrons. The molecule has 2 aromatic heterocycles. The molecular weight excluding hydrogens is 342 g/mol. The average Bonchev–Trinajstić information content (AvgIpc) is 2.82. The van der Waals surface area contributed by atoms with Crippen LogP contribution in [0.15, 0.2) is 52.2 Å². The number of hydrogen-bond acceptors (Lipinski definition) is 4. The van der Waals surface area contributed by atoms with Gasteiger partial charge >= 0.3 is 0 Å². The first-order valence-corrected chi connectivity index (χ1v) is 8.27. The monoisotopic (exact) mass is 351 g/mol. The minimum absolute atomic E-state index is 0.0498. The summed E-state index contributed by atoms with van der Waals surface area (Å²) in [4.78, 5) is 10.9. The predicted octanol–water partition coefficient (Wildman–Crippen LogP) is 2.69. The van der Waals surface area contributed by atoms with Crippen molar-refractivity contribution in [1.82, 2.24) is 15.0 Å². The van der Waals surface area contributed by atoms with E-state index in [9.17, 15) is 8.42 Å². The van der Waals surface area contributed by atoms with Crippen LogP contribution in [0.1, 0.15) is 5.56 Å². The molecule has 0 amide bonds. The highest BCUT2D eigenvalue weighted by Gasteiger charge is 2.20. The highest BCUT2D eigenvalue weighted by atomic mass is 79.9. The van der Waals surface area contributed by atoms with E-state index in [1.165, 1.54) is 0 Å². The van der Waals surface area contributed by atoms with Crippen molar-refractivity contribution in [2.45, 2.75) is 10.9 Å². The number of nitrogens with one attached hydrogen (secondary N) is 1. The van der Waals surface area contributed by atoms with Gasteiger partial charge in [0.1, 0.15) is 0 Å². The Morgan fingerprint density at radius 3 is 2.80 bits per heavy atom. The molecular formula is C13H10BrN3O2S. The standard InChI is InChI=1S/C13H10BrN3O2S/c14-10-4-1-3-9(7-10)8-20(18,19)13-16-11-5-2-6-15-12(11)17-13/h1-7H,8H2,(H,15,16,17). The molecule has 2 heterocycles.